The Bertz CT molecular complexity index is 380. The lowest BCUT2D eigenvalue weighted by atomic mass is 9.96. The Labute approximate surface area is 116 Å². The number of nitrogen functional groups attached to an aromatic ring is 1. The van der Waals surface area contributed by atoms with E-state index in [9.17, 15) is 4.79 Å². The van der Waals surface area contributed by atoms with E-state index in [4.69, 9.17) is 5.73 Å². The zero-order valence-electron chi connectivity index (χ0n) is 12.4. The van der Waals surface area contributed by atoms with Crippen LogP contribution in [0.4, 0.5) is 5.69 Å². The number of hydrogen-bond donors (Lipinski definition) is 1. The molecule has 1 aromatic carbocycles. The van der Waals surface area contributed by atoms with Crippen molar-refractivity contribution in [2.75, 3.05) is 12.8 Å². The predicted molar refractivity (Wildman–Crippen MR) is 80.6 cm³/mol. The third-order valence-corrected chi connectivity index (χ3v) is 3.40. The van der Waals surface area contributed by atoms with Crippen LogP contribution >= 0.6 is 0 Å². The van der Waals surface area contributed by atoms with E-state index in [1.807, 2.05) is 36.2 Å². The molecule has 0 spiro atoms. The van der Waals surface area contributed by atoms with E-state index in [-0.39, 0.29) is 11.8 Å². The molecule has 0 atom stereocenters. The van der Waals surface area contributed by atoms with Crippen LogP contribution < -0.4 is 5.73 Å². The van der Waals surface area contributed by atoms with Gasteiger partial charge in [0.15, 0.2) is 0 Å². The van der Waals surface area contributed by atoms with Gasteiger partial charge in [-0.05, 0) is 30.5 Å². The molecule has 0 saturated heterocycles. The fraction of sp³-hybridized carbons (Fsp3) is 0.562. The zero-order valence-corrected chi connectivity index (χ0v) is 12.4. The van der Waals surface area contributed by atoms with E-state index in [0.717, 1.165) is 36.9 Å². The molecule has 0 aliphatic rings. The molecular formula is C16H26N2O. The summed E-state index contributed by atoms with van der Waals surface area (Å²) in [4.78, 5) is 14.2. The summed E-state index contributed by atoms with van der Waals surface area (Å²) >= 11 is 0. The van der Waals surface area contributed by atoms with Gasteiger partial charge in [-0.2, -0.15) is 0 Å². The molecule has 3 heteroatoms. The Morgan fingerprint density at radius 3 is 2.16 bits per heavy atom. The Morgan fingerprint density at radius 1 is 1.16 bits per heavy atom. The number of nitrogens with zero attached hydrogens (tertiary/aromatic N) is 1. The summed E-state index contributed by atoms with van der Waals surface area (Å²) in [5, 5.41) is 0. The lowest BCUT2D eigenvalue weighted by molar-refractivity contribution is -0.135. The first-order chi connectivity index (χ1) is 9.08. The van der Waals surface area contributed by atoms with Crippen molar-refractivity contribution in [3.05, 3.63) is 29.8 Å². The number of carbonyl (C=O) groups is 1. The van der Waals surface area contributed by atoms with Crippen molar-refractivity contribution >= 4 is 11.6 Å². The molecule has 0 fully saturated rings. The van der Waals surface area contributed by atoms with E-state index in [1.165, 1.54) is 0 Å². The lowest BCUT2D eigenvalue weighted by Crippen LogP contribution is -2.32. The number of carbonyl (C=O) groups excluding carboxylic acids is 1. The SMILES string of the molecule is CCCC(CCC)C(=O)N(C)Cc1ccc(N)cc1. The van der Waals surface area contributed by atoms with Gasteiger partial charge >= 0.3 is 0 Å². The van der Waals surface area contributed by atoms with Gasteiger partial charge in [-0.3, -0.25) is 4.79 Å². The van der Waals surface area contributed by atoms with Crippen LogP contribution in [0.5, 0.6) is 0 Å². The van der Waals surface area contributed by atoms with Crippen molar-refractivity contribution in [1.29, 1.82) is 0 Å². The molecule has 0 radical (unpaired) electrons. The monoisotopic (exact) mass is 262 g/mol. The van der Waals surface area contributed by atoms with Crippen molar-refractivity contribution < 1.29 is 4.79 Å². The number of rotatable bonds is 7. The molecule has 3 nitrogen and oxygen atoms in total. The van der Waals surface area contributed by atoms with Crippen molar-refractivity contribution in [3.8, 4) is 0 Å². The molecule has 106 valence electrons. The minimum Gasteiger partial charge on any atom is -0.399 e. The quantitative estimate of drug-likeness (QED) is 0.765. The van der Waals surface area contributed by atoms with E-state index >= 15 is 0 Å². The van der Waals surface area contributed by atoms with Gasteiger partial charge in [0.1, 0.15) is 0 Å². The average Bonchev–Trinajstić information content (AvgIpc) is 2.40. The van der Waals surface area contributed by atoms with Gasteiger partial charge in [-0.15, -0.1) is 0 Å². The van der Waals surface area contributed by atoms with Gasteiger partial charge in [0, 0.05) is 25.2 Å². The molecule has 0 aromatic heterocycles. The largest absolute Gasteiger partial charge is 0.399 e. The van der Waals surface area contributed by atoms with Crippen LogP contribution in [0, 0.1) is 5.92 Å². The summed E-state index contributed by atoms with van der Waals surface area (Å²) in [6.45, 7) is 4.93. The van der Waals surface area contributed by atoms with Gasteiger partial charge in [0.2, 0.25) is 5.91 Å². The Hall–Kier alpha value is -1.51. The summed E-state index contributed by atoms with van der Waals surface area (Å²) in [7, 11) is 1.89. The second-order valence-corrected chi connectivity index (χ2v) is 5.21. The van der Waals surface area contributed by atoms with Gasteiger partial charge in [0.05, 0.1) is 0 Å². The van der Waals surface area contributed by atoms with Crippen LogP contribution in [0.2, 0.25) is 0 Å². The minimum absolute atomic E-state index is 0.175. The molecular weight excluding hydrogens is 236 g/mol. The van der Waals surface area contributed by atoms with E-state index in [1.54, 1.807) is 0 Å². The number of benzene rings is 1. The van der Waals surface area contributed by atoms with E-state index < -0.39 is 0 Å². The molecule has 19 heavy (non-hydrogen) atoms. The lowest BCUT2D eigenvalue weighted by Gasteiger charge is -2.23. The standard InChI is InChI=1S/C16H26N2O/c1-4-6-14(7-5-2)16(19)18(3)12-13-8-10-15(17)11-9-13/h8-11,14H,4-7,12,17H2,1-3H3. The fourth-order valence-electron chi connectivity index (χ4n) is 2.37. The predicted octanol–water partition coefficient (Wildman–Crippen LogP) is 3.44. The van der Waals surface area contributed by atoms with Crippen molar-refractivity contribution in [2.45, 2.75) is 46.1 Å². The van der Waals surface area contributed by atoms with Crippen LogP contribution in [0.1, 0.15) is 45.1 Å². The second kappa shape index (κ2) is 7.82. The molecule has 1 amide bonds. The summed E-state index contributed by atoms with van der Waals surface area (Å²) < 4.78 is 0. The zero-order chi connectivity index (χ0) is 14.3. The molecule has 0 saturated carbocycles. The summed E-state index contributed by atoms with van der Waals surface area (Å²) in [5.41, 5.74) is 7.54. The first kappa shape index (κ1) is 15.5. The molecule has 0 unspecified atom stereocenters. The van der Waals surface area contributed by atoms with Gasteiger partial charge in [-0.25, -0.2) is 0 Å². The normalized spacial score (nSPS) is 10.7. The fourth-order valence-corrected chi connectivity index (χ4v) is 2.37. The summed E-state index contributed by atoms with van der Waals surface area (Å²) in [5.74, 6) is 0.439. The van der Waals surface area contributed by atoms with Gasteiger partial charge in [0.25, 0.3) is 0 Å². The summed E-state index contributed by atoms with van der Waals surface area (Å²) in [6.07, 6.45) is 4.09. The molecule has 1 aromatic rings. The van der Waals surface area contributed by atoms with Crippen molar-refractivity contribution in [2.24, 2.45) is 5.92 Å². The first-order valence-electron chi connectivity index (χ1n) is 7.17. The number of hydrogen-bond acceptors (Lipinski definition) is 2. The molecule has 0 heterocycles. The average molecular weight is 262 g/mol. The van der Waals surface area contributed by atoms with Crippen LogP contribution in [0.25, 0.3) is 0 Å². The number of anilines is 1. The first-order valence-corrected chi connectivity index (χ1v) is 7.17. The minimum atomic E-state index is 0.175. The van der Waals surface area contributed by atoms with Crippen LogP contribution in [0.15, 0.2) is 24.3 Å². The molecule has 0 aliphatic heterocycles. The van der Waals surface area contributed by atoms with Gasteiger partial charge < -0.3 is 10.6 Å². The van der Waals surface area contributed by atoms with Crippen LogP contribution in [-0.2, 0) is 11.3 Å². The number of nitrogens with two attached hydrogens (primary N) is 1. The van der Waals surface area contributed by atoms with Gasteiger partial charge in [-0.1, -0.05) is 38.8 Å². The van der Waals surface area contributed by atoms with E-state index in [2.05, 4.69) is 13.8 Å². The highest BCUT2D eigenvalue weighted by molar-refractivity contribution is 5.78. The molecule has 0 aliphatic carbocycles. The smallest absolute Gasteiger partial charge is 0.225 e. The van der Waals surface area contributed by atoms with E-state index in [0.29, 0.717) is 6.54 Å². The maximum absolute atomic E-state index is 12.4. The molecule has 2 N–H and O–H groups in total. The highest BCUT2D eigenvalue weighted by Gasteiger charge is 2.20. The second-order valence-electron chi connectivity index (χ2n) is 5.21. The maximum Gasteiger partial charge on any atom is 0.225 e. The van der Waals surface area contributed by atoms with Crippen molar-refractivity contribution in [1.82, 2.24) is 4.90 Å². The molecule has 1 rings (SSSR count). The highest BCUT2D eigenvalue weighted by atomic mass is 16.2. The Morgan fingerprint density at radius 2 is 1.68 bits per heavy atom. The Kier molecular flexibility index (Phi) is 6.40. The van der Waals surface area contributed by atoms with Crippen LogP contribution in [0.3, 0.4) is 0 Å². The molecule has 0 bridgehead atoms. The highest BCUT2D eigenvalue weighted by Crippen LogP contribution is 2.17. The third kappa shape index (κ3) is 4.93. The number of amides is 1. The summed E-state index contributed by atoms with van der Waals surface area (Å²) in [6, 6.07) is 7.72. The topological polar surface area (TPSA) is 46.3 Å². The van der Waals surface area contributed by atoms with Crippen LogP contribution in [-0.4, -0.2) is 17.9 Å². The maximum atomic E-state index is 12.4. The Balaban J connectivity index is 2.62. The third-order valence-electron chi connectivity index (χ3n) is 3.40. The van der Waals surface area contributed by atoms with Crippen molar-refractivity contribution in [3.63, 3.8) is 0 Å².